The number of hydrogen-bond donors (Lipinski definition) is 2. The highest BCUT2D eigenvalue weighted by Crippen LogP contribution is 2.15. The highest BCUT2D eigenvalue weighted by molar-refractivity contribution is 7.90. The predicted molar refractivity (Wildman–Crippen MR) is 146 cm³/mol. The fourth-order valence-corrected chi connectivity index (χ4v) is 4.46. The first-order valence-corrected chi connectivity index (χ1v) is 13.7. The molecule has 0 aliphatic heterocycles. The van der Waals surface area contributed by atoms with Crippen LogP contribution in [0.5, 0.6) is 11.6 Å². The summed E-state index contributed by atoms with van der Waals surface area (Å²) in [6.45, 7) is 0.334. The molecule has 4 aromatic rings. The number of hydrogen-bond acceptors (Lipinski definition) is 8. The van der Waals surface area contributed by atoms with E-state index >= 15 is 0 Å². The van der Waals surface area contributed by atoms with Gasteiger partial charge in [-0.25, -0.2) is 22.9 Å². The van der Waals surface area contributed by atoms with Gasteiger partial charge >= 0.3 is 6.16 Å². The van der Waals surface area contributed by atoms with Crippen LogP contribution >= 0.6 is 11.6 Å². The van der Waals surface area contributed by atoms with E-state index in [1.807, 2.05) is 4.72 Å². The lowest BCUT2D eigenvalue weighted by Crippen LogP contribution is -2.30. The Morgan fingerprint density at radius 3 is 2.10 bits per heavy atom. The molecule has 0 unspecified atom stereocenters. The fraction of sp³-hybridized carbons (Fsp3) is 0.0714. The van der Waals surface area contributed by atoms with Crippen LogP contribution in [-0.2, 0) is 16.4 Å². The van der Waals surface area contributed by atoms with Gasteiger partial charge in [-0.05, 0) is 66.6 Å². The Balaban J connectivity index is 1.27. The molecule has 0 saturated heterocycles. The number of aromatic nitrogens is 1. The summed E-state index contributed by atoms with van der Waals surface area (Å²) in [5.74, 6) is -1.03. The summed E-state index contributed by atoms with van der Waals surface area (Å²) in [5.41, 5.74) is 1.19. The molecule has 0 atom stereocenters. The molecule has 1 aromatic heterocycles. The molecule has 0 bridgehead atoms. The van der Waals surface area contributed by atoms with Gasteiger partial charge in [0, 0.05) is 29.4 Å². The molecule has 1 heterocycles. The molecule has 204 valence electrons. The Morgan fingerprint density at radius 1 is 0.775 bits per heavy atom. The van der Waals surface area contributed by atoms with Gasteiger partial charge in [-0.15, -0.1) is 0 Å². The van der Waals surface area contributed by atoms with Crippen LogP contribution in [-0.4, -0.2) is 37.9 Å². The standard InChI is InChI=1S/C28H22ClN3O7S/c29-22-11-8-20(9-12-22)26(33)30-17-16-19-6-13-24(14-7-19)40(36,37)32-27(34)21-10-15-25(31-18-21)39-28(35)38-23-4-2-1-3-5-23/h1-15,18H,16-17H2,(H,30,33)(H,32,34). The van der Waals surface area contributed by atoms with E-state index < -0.39 is 22.1 Å². The van der Waals surface area contributed by atoms with Crippen LogP contribution in [0.2, 0.25) is 5.02 Å². The molecular weight excluding hydrogens is 558 g/mol. The largest absolute Gasteiger partial charge is 0.520 e. The molecule has 2 amide bonds. The summed E-state index contributed by atoms with van der Waals surface area (Å²) in [4.78, 5) is 40.3. The summed E-state index contributed by atoms with van der Waals surface area (Å²) in [6.07, 6.45) is 0.508. The van der Waals surface area contributed by atoms with Gasteiger partial charge in [0.1, 0.15) is 5.75 Å². The van der Waals surface area contributed by atoms with Gasteiger partial charge in [-0.3, -0.25) is 9.59 Å². The number of para-hydroxylation sites is 1. The molecule has 0 aliphatic carbocycles. The fourth-order valence-electron chi connectivity index (χ4n) is 3.36. The van der Waals surface area contributed by atoms with E-state index in [9.17, 15) is 22.8 Å². The number of ether oxygens (including phenoxy) is 2. The third-order valence-corrected chi connectivity index (χ3v) is 7.00. The Labute approximate surface area is 235 Å². The van der Waals surface area contributed by atoms with Gasteiger partial charge in [0.05, 0.1) is 10.5 Å². The van der Waals surface area contributed by atoms with Crippen molar-refractivity contribution in [3.05, 3.63) is 119 Å². The maximum absolute atomic E-state index is 12.7. The van der Waals surface area contributed by atoms with Crippen molar-refractivity contribution in [2.45, 2.75) is 11.3 Å². The number of sulfonamides is 1. The second kappa shape index (κ2) is 12.9. The van der Waals surface area contributed by atoms with Crippen molar-refractivity contribution in [2.75, 3.05) is 6.54 Å². The summed E-state index contributed by atoms with van der Waals surface area (Å²) < 4.78 is 37.3. The second-order valence-corrected chi connectivity index (χ2v) is 10.4. The van der Waals surface area contributed by atoms with Crippen molar-refractivity contribution in [1.29, 1.82) is 0 Å². The molecule has 3 aromatic carbocycles. The van der Waals surface area contributed by atoms with Crippen molar-refractivity contribution in [1.82, 2.24) is 15.0 Å². The Morgan fingerprint density at radius 2 is 1.45 bits per heavy atom. The number of nitrogens with one attached hydrogen (secondary N) is 2. The average Bonchev–Trinajstić information content (AvgIpc) is 2.94. The zero-order valence-electron chi connectivity index (χ0n) is 20.7. The summed E-state index contributed by atoms with van der Waals surface area (Å²) in [7, 11) is -4.17. The Bertz CT molecular complexity index is 1590. The quantitative estimate of drug-likeness (QED) is 0.219. The lowest BCUT2D eigenvalue weighted by molar-refractivity contribution is 0.0951. The number of carbonyl (C=O) groups excluding carboxylic acids is 3. The zero-order valence-corrected chi connectivity index (χ0v) is 22.3. The van der Waals surface area contributed by atoms with Crippen LogP contribution in [0.25, 0.3) is 0 Å². The molecule has 10 nitrogen and oxygen atoms in total. The predicted octanol–water partition coefficient (Wildman–Crippen LogP) is 4.40. The molecule has 0 spiro atoms. The van der Waals surface area contributed by atoms with E-state index in [0.717, 1.165) is 11.8 Å². The second-order valence-electron chi connectivity index (χ2n) is 8.24. The number of carbonyl (C=O) groups is 3. The minimum Gasteiger partial charge on any atom is -0.395 e. The molecule has 0 saturated carbocycles. The van der Waals surface area contributed by atoms with Crippen molar-refractivity contribution in [3.8, 4) is 11.6 Å². The first kappa shape index (κ1) is 28.3. The van der Waals surface area contributed by atoms with Crippen molar-refractivity contribution < 1.29 is 32.3 Å². The zero-order chi connectivity index (χ0) is 28.5. The minimum atomic E-state index is -4.17. The van der Waals surface area contributed by atoms with Crippen molar-refractivity contribution in [3.63, 3.8) is 0 Å². The van der Waals surface area contributed by atoms with E-state index in [0.29, 0.717) is 23.6 Å². The van der Waals surface area contributed by atoms with Gasteiger partial charge in [0.2, 0.25) is 5.88 Å². The highest BCUT2D eigenvalue weighted by Gasteiger charge is 2.19. The molecule has 4 rings (SSSR count). The van der Waals surface area contributed by atoms with E-state index in [4.69, 9.17) is 21.1 Å². The number of pyridine rings is 1. The van der Waals surface area contributed by atoms with Gasteiger partial charge < -0.3 is 14.8 Å². The smallest absolute Gasteiger partial charge is 0.395 e. The number of halogens is 1. The third-order valence-electron chi connectivity index (χ3n) is 5.40. The van der Waals surface area contributed by atoms with Crippen LogP contribution in [0.4, 0.5) is 4.79 Å². The van der Waals surface area contributed by atoms with E-state index in [1.165, 1.54) is 24.3 Å². The van der Waals surface area contributed by atoms with Crippen molar-refractivity contribution in [2.24, 2.45) is 0 Å². The monoisotopic (exact) mass is 579 g/mol. The van der Waals surface area contributed by atoms with Gasteiger partial charge in [-0.2, -0.15) is 0 Å². The maximum atomic E-state index is 12.7. The molecule has 12 heteroatoms. The Hall–Kier alpha value is -4.74. The third kappa shape index (κ3) is 7.88. The van der Waals surface area contributed by atoms with Crippen LogP contribution in [0, 0.1) is 0 Å². The van der Waals surface area contributed by atoms with Gasteiger partial charge in [0.25, 0.3) is 21.8 Å². The van der Waals surface area contributed by atoms with Gasteiger partial charge in [0.15, 0.2) is 0 Å². The average molecular weight is 580 g/mol. The van der Waals surface area contributed by atoms with Crippen LogP contribution < -0.4 is 19.5 Å². The molecule has 0 aliphatic rings. The van der Waals surface area contributed by atoms with Crippen LogP contribution in [0.1, 0.15) is 26.3 Å². The van der Waals surface area contributed by atoms with Gasteiger partial charge in [-0.1, -0.05) is 41.9 Å². The summed E-state index contributed by atoms with van der Waals surface area (Å²) in [5, 5.41) is 3.32. The molecule has 0 fully saturated rings. The molecule has 2 N–H and O–H groups in total. The van der Waals surface area contributed by atoms with Crippen LogP contribution in [0.3, 0.4) is 0 Å². The van der Waals surface area contributed by atoms with Crippen molar-refractivity contribution >= 4 is 39.6 Å². The summed E-state index contributed by atoms with van der Waals surface area (Å²) in [6, 6.07) is 23.1. The lowest BCUT2D eigenvalue weighted by atomic mass is 10.1. The van der Waals surface area contributed by atoms with E-state index in [1.54, 1.807) is 66.7 Å². The minimum absolute atomic E-state index is 0.0691. The van der Waals surface area contributed by atoms with E-state index in [2.05, 4.69) is 10.3 Å². The normalized spacial score (nSPS) is 10.8. The number of rotatable bonds is 9. The molecule has 0 radical (unpaired) electrons. The lowest BCUT2D eigenvalue weighted by Gasteiger charge is -2.09. The summed E-state index contributed by atoms with van der Waals surface area (Å²) >= 11 is 5.83. The highest BCUT2D eigenvalue weighted by atomic mass is 35.5. The number of nitrogens with zero attached hydrogens (tertiary/aromatic N) is 1. The van der Waals surface area contributed by atoms with Crippen LogP contribution in [0.15, 0.2) is 102 Å². The van der Waals surface area contributed by atoms with E-state index in [-0.39, 0.29) is 28.0 Å². The molecule has 40 heavy (non-hydrogen) atoms. The number of amides is 2. The SMILES string of the molecule is O=C(Oc1ccccc1)Oc1ccc(C(=O)NS(=O)(=O)c2ccc(CCNC(=O)c3ccc(Cl)cc3)cc2)cn1. The topological polar surface area (TPSA) is 141 Å². The first-order valence-electron chi connectivity index (χ1n) is 11.8. The Kier molecular flexibility index (Phi) is 9.10. The number of benzene rings is 3. The molecular formula is C28H22ClN3O7S. The maximum Gasteiger partial charge on any atom is 0.520 e. The first-order chi connectivity index (χ1) is 19.2.